The number of hydrogen-bond donors (Lipinski definition) is 1. The quantitative estimate of drug-likeness (QED) is 0.725. The highest BCUT2D eigenvalue weighted by molar-refractivity contribution is 9.10. The summed E-state index contributed by atoms with van der Waals surface area (Å²) in [6.45, 7) is 0.247. The van der Waals surface area contributed by atoms with E-state index >= 15 is 0 Å². The van der Waals surface area contributed by atoms with E-state index in [0.29, 0.717) is 5.92 Å². The van der Waals surface area contributed by atoms with Crippen LogP contribution in [0.25, 0.3) is 0 Å². The van der Waals surface area contributed by atoms with Crippen molar-refractivity contribution in [2.75, 3.05) is 12.4 Å². The van der Waals surface area contributed by atoms with Gasteiger partial charge in [0.05, 0.1) is 0 Å². The third-order valence-electron chi connectivity index (χ3n) is 3.26. The van der Waals surface area contributed by atoms with Crippen LogP contribution in [-0.4, -0.2) is 17.5 Å². The zero-order chi connectivity index (χ0) is 14.2. The largest absolute Gasteiger partial charge is 0.396 e. The highest BCUT2D eigenvalue weighted by Gasteiger charge is 2.10. The summed E-state index contributed by atoms with van der Waals surface area (Å²) < 4.78 is 1.13. The first-order valence-electron chi connectivity index (χ1n) is 6.81. The van der Waals surface area contributed by atoms with Gasteiger partial charge in [-0.1, -0.05) is 52.3 Å². The minimum absolute atomic E-state index is 0.247. The molecule has 0 aliphatic carbocycles. The Kier molecular flexibility index (Phi) is 6.64. The van der Waals surface area contributed by atoms with Gasteiger partial charge in [0.1, 0.15) is 0 Å². The van der Waals surface area contributed by atoms with Crippen LogP contribution in [-0.2, 0) is 6.42 Å². The Hall–Kier alpha value is -0.770. The summed E-state index contributed by atoms with van der Waals surface area (Å²) in [4.78, 5) is 1.30. The average molecular weight is 351 g/mol. The average Bonchev–Trinajstić information content (AvgIpc) is 2.49. The first kappa shape index (κ1) is 15.6. The van der Waals surface area contributed by atoms with Crippen molar-refractivity contribution in [3.05, 3.63) is 64.6 Å². The van der Waals surface area contributed by atoms with Crippen molar-refractivity contribution >= 4 is 27.7 Å². The molecule has 1 N–H and O–H groups in total. The van der Waals surface area contributed by atoms with Gasteiger partial charge in [-0.15, -0.1) is 11.8 Å². The number of aliphatic hydroxyl groups excluding tert-OH is 1. The third-order valence-corrected chi connectivity index (χ3v) is 5.08. The molecule has 0 aromatic heterocycles. The molecule has 1 nitrogen and oxygen atoms in total. The Labute approximate surface area is 133 Å². The monoisotopic (exact) mass is 350 g/mol. The molecule has 0 radical (unpaired) electrons. The van der Waals surface area contributed by atoms with Crippen LogP contribution in [0.3, 0.4) is 0 Å². The van der Waals surface area contributed by atoms with Gasteiger partial charge in [0.25, 0.3) is 0 Å². The van der Waals surface area contributed by atoms with E-state index in [4.69, 9.17) is 0 Å². The summed E-state index contributed by atoms with van der Waals surface area (Å²) in [5, 5.41) is 9.55. The topological polar surface area (TPSA) is 20.2 Å². The van der Waals surface area contributed by atoms with E-state index in [1.54, 1.807) is 0 Å². The first-order chi connectivity index (χ1) is 9.79. The van der Waals surface area contributed by atoms with Gasteiger partial charge in [-0.25, -0.2) is 0 Å². The second kappa shape index (κ2) is 8.50. The lowest BCUT2D eigenvalue weighted by Crippen LogP contribution is -2.11. The standard InChI is InChI=1S/C17H19BrOS/c18-17-9-5-4-6-15(17)12-14(13-19)10-11-20-16-7-2-1-3-8-16/h1-9,14,19H,10-13H2. The zero-order valence-corrected chi connectivity index (χ0v) is 13.7. The molecule has 0 heterocycles. The van der Waals surface area contributed by atoms with Gasteiger partial charge in [-0.05, 0) is 48.3 Å². The lowest BCUT2D eigenvalue weighted by atomic mass is 9.98. The smallest absolute Gasteiger partial charge is 0.0462 e. The van der Waals surface area contributed by atoms with E-state index in [1.807, 2.05) is 30.0 Å². The SMILES string of the molecule is OCC(CCSc1ccccc1)Cc1ccccc1Br. The van der Waals surface area contributed by atoms with Crippen LogP contribution in [0.2, 0.25) is 0 Å². The Bertz CT molecular complexity index is 515. The van der Waals surface area contributed by atoms with Gasteiger partial charge in [-0.2, -0.15) is 0 Å². The van der Waals surface area contributed by atoms with Crippen molar-refractivity contribution in [2.24, 2.45) is 5.92 Å². The summed E-state index contributed by atoms with van der Waals surface area (Å²) in [5.41, 5.74) is 1.27. The molecular formula is C17H19BrOS. The van der Waals surface area contributed by atoms with E-state index in [9.17, 15) is 5.11 Å². The maximum Gasteiger partial charge on any atom is 0.0462 e. The molecule has 0 amide bonds. The van der Waals surface area contributed by atoms with Crippen molar-refractivity contribution in [2.45, 2.75) is 17.7 Å². The molecule has 106 valence electrons. The fourth-order valence-electron chi connectivity index (χ4n) is 2.09. The minimum Gasteiger partial charge on any atom is -0.396 e. The van der Waals surface area contributed by atoms with Crippen molar-refractivity contribution < 1.29 is 5.11 Å². The molecule has 0 saturated carbocycles. The molecule has 0 spiro atoms. The maximum atomic E-state index is 9.55. The lowest BCUT2D eigenvalue weighted by molar-refractivity contribution is 0.223. The number of thioether (sulfide) groups is 1. The second-order valence-corrected chi connectivity index (χ2v) is 6.82. The highest BCUT2D eigenvalue weighted by atomic mass is 79.9. The Morgan fingerprint density at radius 1 is 1.00 bits per heavy atom. The van der Waals surface area contributed by atoms with Crippen LogP contribution in [0.4, 0.5) is 0 Å². The van der Waals surface area contributed by atoms with Gasteiger partial charge in [-0.3, -0.25) is 0 Å². The third kappa shape index (κ3) is 4.97. The first-order valence-corrected chi connectivity index (χ1v) is 8.59. The maximum absolute atomic E-state index is 9.55. The summed E-state index contributed by atoms with van der Waals surface area (Å²) in [6, 6.07) is 18.7. The predicted octanol–water partition coefficient (Wildman–Crippen LogP) is 4.78. The molecule has 2 rings (SSSR count). The molecule has 20 heavy (non-hydrogen) atoms. The van der Waals surface area contributed by atoms with Crippen LogP contribution in [0.1, 0.15) is 12.0 Å². The van der Waals surface area contributed by atoms with Gasteiger partial charge < -0.3 is 5.11 Å². The van der Waals surface area contributed by atoms with Crippen LogP contribution in [0, 0.1) is 5.92 Å². The molecule has 0 aliphatic heterocycles. The Morgan fingerprint density at radius 3 is 2.40 bits per heavy atom. The van der Waals surface area contributed by atoms with Crippen molar-refractivity contribution in [3.8, 4) is 0 Å². The summed E-state index contributed by atoms with van der Waals surface area (Å²) in [7, 11) is 0. The molecule has 0 bridgehead atoms. The molecule has 1 unspecified atom stereocenters. The van der Waals surface area contributed by atoms with Crippen LogP contribution >= 0.6 is 27.7 Å². The summed E-state index contributed by atoms with van der Waals surface area (Å²) in [5.74, 6) is 1.37. The fourth-order valence-corrected chi connectivity index (χ4v) is 3.58. The number of hydrogen-bond acceptors (Lipinski definition) is 2. The van der Waals surface area contributed by atoms with Gasteiger partial charge in [0, 0.05) is 16.0 Å². The highest BCUT2D eigenvalue weighted by Crippen LogP contribution is 2.24. The molecule has 1 atom stereocenters. The minimum atomic E-state index is 0.247. The second-order valence-electron chi connectivity index (χ2n) is 4.79. The van der Waals surface area contributed by atoms with Crippen molar-refractivity contribution in [1.29, 1.82) is 0 Å². The number of benzene rings is 2. The number of rotatable bonds is 7. The molecule has 0 saturated heterocycles. The fraction of sp³-hybridized carbons (Fsp3) is 0.294. The lowest BCUT2D eigenvalue weighted by Gasteiger charge is -2.15. The van der Waals surface area contributed by atoms with E-state index in [-0.39, 0.29) is 6.61 Å². The van der Waals surface area contributed by atoms with Crippen LogP contribution < -0.4 is 0 Å². The number of aliphatic hydroxyl groups is 1. The number of halogens is 1. The molecule has 2 aromatic carbocycles. The zero-order valence-electron chi connectivity index (χ0n) is 11.3. The summed E-state index contributed by atoms with van der Waals surface area (Å²) >= 11 is 5.43. The van der Waals surface area contributed by atoms with E-state index < -0.39 is 0 Å². The molecule has 0 fully saturated rings. The Morgan fingerprint density at radius 2 is 1.70 bits per heavy atom. The van der Waals surface area contributed by atoms with Crippen LogP contribution in [0.5, 0.6) is 0 Å². The normalized spacial score (nSPS) is 12.3. The van der Waals surface area contributed by atoms with E-state index in [2.05, 4.69) is 52.3 Å². The van der Waals surface area contributed by atoms with E-state index in [1.165, 1.54) is 10.5 Å². The molecule has 3 heteroatoms. The summed E-state index contributed by atoms with van der Waals surface area (Å²) in [6.07, 6.45) is 1.95. The Balaban J connectivity index is 1.82. The van der Waals surface area contributed by atoms with Gasteiger partial charge >= 0.3 is 0 Å². The van der Waals surface area contributed by atoms with Gasteiger partial charge in [0.15, 0.2) is 0 Å². The van der Waals surface area contributed by atoms with Crippen molar-refractivity contribution in [3.63, 3.8) is 0 Å². The predicted molar refractivity (Wildman–Crippen MR) is 90.2 cm³/mol. The van der Waals surface area contributed by atoms with E-state index in [0.717, 1.165) is 23.1 Å². The molecular weight excluding hydrogens is 332 g/mol. The molecule has 2 aromatic rings. The van der Waals surface area contributed by atoms with Crippen LogP contribution in [0.15, 0.2) is 64.0 Å². The van der Waals surface area contributed by atoms with Crippen molar-refractivity contribution in [1.82, 2.24) is 0 Å². The van der Waals surface area contributed by atoms with Gasteiger partial charge in [0.2, 0.25) is 0 Å². The molecule has 0 aliphatic rings.